The number of benzene rings is 2. The van der Waals surface area contributed by atoms with E-state index in [4.69, 9.17) is 9.47 Å². The predicted molar refractivity (Wildman–Crippen MR) is 109 cm³/mol. The second kappa shape index (κ2) is 9.68. The van der Waals surface area contributed by atoms with Crippen molar-refractivity contribution in [1.82, 2.24) is 4.90 Å². The molecule has 2 atom stereocenters. The first-order chi connectivity index (χ1) is 13.6. The number of hydrogen-bond donors (Lipinski definition) is 1. The van der Waals surface area contributed by atoms with Gasteiger partial charge in [-0.25, -0.2) is 4.79 Å². The minimum Gasteiger partial charge on any atom is -0.478 e. The first-order valence-corrected chi connectivity index (χ1v) is 9.53. The summed E-state index contributed by atoms with van der Waals surface area (Å²) in [5.41, 5.74) is 2.19. The molecule has 1 aliphatic rings. The molecule has 0 saturated carbocycles. The molecule has 0 spiro atoms. The minimum atomic E-state index is -0.913. The Morgan fingerprint density at radius 3 is 2.64 bits per heavy atom. The number of carbonyl (C=O) groups is 1. The van der Waals surface area contributed by atoms with Gasteiger partial charge >= 0.3 is 5.97 Å². The lowest BCUT2D eigenvalue weighted by atomic mass is 10.0. The maximum Gasteiger partial charge on any atom is 0.337 e. The molecular formula is C22H28N2O4. The van der Waals surface area contributed by atoms with Gasteiger partial charge in [-0.3, -0.25) is 4.90 Å². The molecule has 0 radical (unpaired) electrons. The largest absolute Gasteiger partial charge is 0.478 e. The smallest absolute Gasteiger partial charge is 0.337 e. The zero-order valence-electron chi connectivity index (χ0n) is 16.5. The Balaban J connectivity index is 1.82. The normalized spacial score (nSPS) is 18.1. The highest BCUT2D eigenvalue weighted by molar-refractivity contribution is 5.94. The molecular weight excluding hydrogens is 356 g/mol. The monoisotopic (exact) mass is 384 g/mol. The predicted octanol–water partition coefficient (Wildman–Crippen LogP) is 3.26. The summed E-state index contributed by atoms with van der Waals surface area (Å²) in [5, 5.41) is 9.60. The van der Waals surface area contributed by atoms with Crippen molar-refractivity contribution >= 4 is 11.7 Å². The standard InChI is InChI=1S/C22H28N2O4/c1-23(20-11-7-6-10-19(20)22(25)26)21(17-8-4-3-5-9-17)15-24-13-12-18(14-24)28-16-27-2/h3-11,18,21H,12-16H2,1-2H3,(H,25,26)/t18-,21+/m0/s1. The lowest BCUT2D eigenvalue weighted by Gasteiger charge is -2.34. The summed E-state index contributed by atoms with van der Waals surface area (Å²) in [7, 11) is 3.60. The summed E-state index contributed by atoms with van der Waals surface area (Å²) in [6.07, 6.45) is 1.15. The molecule has 6 nitrogen and oxygen atoms in total. The van der Waals surface area contributed by atoms with Crippen molar-refractivity contribution in [1.29, 1.82) is 0 Å². The zero-order chi connectivity index (χ0) is 19.9. The van der Waals surface area contributed by atoms with Gasteiger partial charge in [-0.1, -0.05) is 42.5 Å². The van der Waals surface area contributed by atoms with Gasteiger partial charge in [-0.15, -0.1) is 0 Å². The van der Waals surface area contributed by atoms with Gasteiger partial charge in [0.15, 0.2) is 0 Å². The van der Waals surface area contributed by atoms with Gasteiger partial charge in [-0.05, 0) is 24.1 Å². The van der Waals surface area contributed by atoms with Crippen LogP contribution in [0.1, 0.15) is 28.4 Å². The molecule has 1 N–H and O–H groups in total. The van der Waals surface area contributed by atoms with Crippen LogP contribution in [-0.2, 0) is 9.47 Å². The van der Waals surface area contributed by atoms with Gasteiger partial charge in [0.05, 0.1) is 23.4 Å². The lowest BCUT2D eigenvalue weighted by molar-refractivity contribution is -0.0671. The highest BCUT2D eigenvalue weighted by atomic mass is 16.7. The molecule has 1 saturated heterocycles. The average Bonchev–Trinajstić information content (AvgIpc) is 3.18. The van der Waals surface area contributed by atoms with Gasteiger partial charge in [0.1, 0.15) is 6.79 Å². The van der Waals surface area contributed by atoms with Crippen molar-refractivity contribution in [2.75, 3.05) is 45.5 Å². The van der Waals surface area contributed by atoms with E-state index >= 15 is 0 Å². The van der Waals surface area contributed by atoms with E-state index in [1.54, 1.807) is 19.2 Å². The van der Waals surface area contributed by atoms with E-state index < -0.39 is 5.97 Å². The van der Waals surface area contributed by atoms with Crippen LogP contribution in [0, 0.1) is 0 Å². The van der Waals surface area contributed by atoms with E-state index in [9.17, 15) is 9.90 Å². The molecule has 0 amide bonds. The summed E-state index contributed by atoms with van der Waals surface area (Å²) >= 11 is 0. The average molecular weight is 384 g/mol. The summed E-state index contributed by atoms with van der Waals surface area (Å²) < 4.78 is 10.7. The number of para-hydroxylation sites is 1. The van der Waals surface area contributed by atoms with Crippen molar-refractivity contribution in [3.05, 3.63) is 65.7 Å². The molecule has 0 bridgehead atoms. The fourth-order valence-electron chi connectivity index (χ4n) is 3.76. The maximum absolute atomic E-state index is 11.7. The number of carboxylic acids is 1. The molecule has 1 aliphatic heterocycles. The van der Waals surface area contributed by atoms with E-state index in [0.717, 1.165) is 37.3 Å². The summed E-state index contributed by atoms with van der Waals surface area (Å²) in [5.74, 6) is -0.913. The van der Waals surface area contributed by atoms with Crippen LogP contribution in [0.4, 0.5) is 5.69 Å². The van der Waals surface area contributed by atoms with Crippen LogP contribution in [0.5, 0.6) is 0 Å². The number of nitrogens with zero attached hydrogens (tertiary/aromatic N) is 2. The van der Waals surface area contributed by atoms with Gasteiger partial charge in [0.25, 0.3) is 0 Å². The molecule has 1 heterocycles. The van der Waals surface area contributed by atoms with Gasteiger partial charge in [-0.2, -0.15) is 0 Å². The third kappa shape index (κ3) is 4.90. The topological polar surface area (TPSA) is 62.2 Å². The minimum absolute atomic E-state index is 0.0304. The fraction of sp³-hybridized carbons (Fsp3) is 0.409. The molecule has 3 rings (SSSR count). The Morgan fingerprint density at radius 1 is 1.21 bits per heavy atom. The Morgan fingerprint density at radius 2 is 1.93 bits per heavy atom. The van der Waals surface area contributed by atoms with Crippen molar-refractivity contribution in [3.8, 4) is 0 Å². The van der Waals surface area contributed by atoms with E-state index in [1.165, 1.54) is 0 Å². The number of likely N-dealkylation sites (N-methyl/N-ethyl adjacent to an activating group) is 1. The van der Waals surface area contributed by atoms with Crippen LogP contribution in [-0.4, -0.2) is 62.7 Å². The number of aromatic carboxylic acids is 1. The van der Waals surface area contributed by atoms with E-state index in [2.05, 4.69) is 21.9 Å². The first kappa shape index (κ1) is 20.3. The molecule has 150 valence electrons. The van der Waals surface area contributed by atoms with Crippen molar-refractivity contribution in [3.63, 3.8) is 0 Å². The van der Waals surface area contributed by atoms with Gasteiger partial charge in [0.2, 0.25) is 0 Å². The molecule has 2 aromatic rings. The number of hydrogen-bond acceptors (Lipinski definition) is 5. The molecule has 28 heavy (non-hydrogen) atoms. The highest BCUT2D eigenvalue weighted by Gasteiger charge is 2.28. The number of methoxy groups -OCH3 is 1. The number of carboxylic acid groups (broad SMARTS) is 1. The van der Waals surface area contributed by atoms with Crippen LogP contribution >= 0.6 is 0 Å². The summed E-state index contributed by atoms with van der Waals surface area (Å²) in [6, 6.07) is 17.4. The second-order valence-corrected chi connectivity index (χ2v) is 7.10. The summed E-state index contributed by atoms with van der Waals surface area (Å²) in [6.45, 7) is 2.90. The quantitative estimate of drug-likeness (QED) is 0.670. The second-order valence-electron chi connectivity index (χ2n) is 7.10. The van der Waals surface area contributed by atoms with Gasteiger partial charge in [0, 0.05) is 33.8 Å². The maximum atomic E-state index is 11.7. The third-order valence-corrected chi connectivity index (χ3v) is 5.25. The van der Waals surface area contributed by atoms with Crippen molar-refractivity contribution in [2.24, 2.45) is 0 Å². The Labute approximate surface area is 166 Å². The fourth-order valence-corrected chi connectivity index (χ4v) is 3.76. The third-order valence-electron chi connectivity index (χ3n) is 5.25. The Bertz CT molecular complexity index is 768. The number of anilines is 1. The first-order valence-electron chi connectivity index (χ1n) is 9.53. The van der Waals surface area contributed by atoms with Crippen LogP contribution in [0.25, 0.3) is 0 Å². The molecule has 0 aromatic heterocycles. The van der Waals surface area contributed by atoms with Crippen LogP contribution in [0.2, 0.25) is 0 Å². The van der Waals surface area contributed by atoms with Crippen LogP contribution in [0.3, 0.4) is 0 Å². The van der Waals surface area contributed by atoms with Crippen LogP contribution < -0.4 is 4.90 Å². The molecule has 6 heteroatoms. The van der Waals surface area contributed by atoms with E-state index in [0.29, 0.717) is 12.4 Å². The SMILES string of the molecule is COCO[C@H]1CCN(C[C@H](c2ccccc2)N(C)c2ccccc2C(=O)O)C1. The lowest BCUT2D eigenvalue weighted by Crippen LogP contribution is -2.36. The van der Waals surface area contributed by atoms with Gasteiger partial charge < -0.3 is 19.5 Å². The number of rotatable bonds is 9. The molecule has 2 aromatic carbocycles. The number of likely N-dealkylation sites (tertiary alicyclic amines) is 1. The van der Waals surface area contributed by atoms with Crippen molar-refractivity contribution in [2.45, 2.75) is 18.6 Å². The van der Waals surface area contributed by atoms with Crippen LogP contribution in [0.15, 0.2) is 54.6 Å². The zero-order valence-corrected chi connectivity index (χ0v) is 16.5. The summed E-state index contributed by atoms with van der Waals surface area (Å²) in [4.78, 5) is 16.2. The molecule has 1 fully saturated rings. The van der Waals surface area contributed by atoms with E-state index in [1.807, 2.05) is 37.4 Å². The number of ether oxygens (including phenoxy) is 2. The highest BCUT2D eigenvalue weighted by Crippen LogP contribution is 2.30. The Kier molecular flexibility index (Phi) is 7.03. The Hall–Kier alpha value is -2.41. The molecule has 0 aliphatic carbocycles. The van der Waals surface area contributed by atoms with Crippen molar-refractivity contribution < 1.29 is 19.4 Å². The molecule has 0 unspecified atom stereocenters. The van der Waals surface area contributed by atoms with E-state index in [-0.39, 0.29) is 12.1 Å².